The molecule has 0 spiro atoms. The average Bonchev–Trinajstić information content (AvgIpc) is 2.04. The van der Waals surface area contributed by atoms with Gasteiger partial charge < -0.3 is 0 Å². The van der Waals surface area contributed by atoms with E-state index >= 15 is 0 Å². The molecule has 3 heteroatoms. The topological polar surface area (TPSA) is 17.1 Å². The van der Waals surface area contributed by atoms with Crippen molar-refractivity contribution in [1.29, 1.82) is 0 Å². The fourth-order valence-corrected chi connectivity index (χ4v) is 10.0. The van der Waals surface area contributed by atoms with Crippen molar-refractivity contribution in [2.75, 3.05) is 0 Å². The Labute approximate surface area is 140 Å². The molecule has 0 saturated heterocycles. The lowest BCUT2D eigenvalue weighted by Crippen LogP contribution is -2.43. The van der Waals surface area contributed by atoms with Crippen LogP contribution in [0.15, 0.2) is 0 Å². The van der Waals surface area contributed by atoms with Gasteiger partial charge in [0.25, 0.3) is 0 Å². The maximum atomic E-state index is 13.2. The van der Waals surface area contributed by atoms with E-state index in [0.717, 1.165) is 0 Å². The lowest BCUT2D eigenvalue weighted by atomic mass is 9.77. The Hall–Kier alpha value is 0.500. The predicted molar refractivity (Wildman–Crippen MR) is 101 cm³/mol. The second-order valence-corrected chi connectivity index (χ2v) is 13.8. The molecule has 0 aliphatic rings. The Balaban J connectivity index is 5.50. The third-order valence-corrected chi connectivity index (χ3v) is 8.85. The average molecular weight is 335 g/mol. The highest BCUT2D eigenvalue weighted by atomic mass is 33.1. The smallest absolute Gasteiger partial charge is 0.0849 e. The van der Waals surface area contributed by atoms with E-state index in [0.29, 0.717) is 5.25 Å². The summed E-state index contributed by atoms with van der Waals surface area (Å²) in [6.07, 6.45) is 0. The van der Waals surface area contributed by atoms with Crippen LogP contribution in [0.5, 0.6) is 0 Å². The zero-order valence-corrected chi connectivity index (χ0v) is 18.0. The van der Waals surface area contributed by atoms with Crippen LogP contribution in [0.4, 0.5) is 0 Å². The second kappa shape index (κ2) is 6.55. The van der Waals surface area contributed by atoms with Crippen LogP contribution in [0.25, 0.3) is 0 Å². The highest BCUT2D eigenvalue weighted by molar-refractivity contribution is 8.69. The van der Waals surface area contributed by atoms with E-state index in [1.54, 1.807) is 10.8 Å². The van der Waals surface area contributed by atoms with Gasteiger partial charge in [-0.25, -0.2) is 4.21 Å². The summed E-state index contributed by atoms with van der Waals surface area (Å²) in [5.41, 5.74) is 0.352. The van der Waals surface area contributed by atoms with Crippen LogP contribution in [0.3, 0.4) is 0 Å². The highest BCUT2D eigenvalue weighted by Gasteiger charge is 2.44. The van der Waals surface area contributed by atoms with Gasteiger partial charge >= 0.3 is 0 Å². The molecular formula is C18H38OS2. The quantitative estimate of drug-likeness (QED) is 0.563. The van der Waals surface area contributed by atoms with E-state index in [4.69, 9.17) is 0 Å². The fourth-order valence-electron chi connectivity index (χ4n) is 3.61. The summed E-state index contributed by atoms with van der Waals surface area (Å²) >= 11 is 0. The first-order valence-electron chi connectivity index (χ1n) is 7.96. The lowest BCUT2D eigenvalue weighted by molar-refractivity contribution is 0.243. The summed E-state index contributed by atoms with van der Waals surface area (Å²) in [4.78, 5) is 0. The fraction of sp³-hybridized carbons (Fsp3) is 1.00. The summed E-state index contributed by atoms with van der Waals surface area (Å²) < 4.78 is 13.2. The van der Waals surface area contributed by atoms with Gasteiger partial charge in [0.1, 0.15) is 0 Å². The Bertz CT molecular complexity index is 331. The van der Waals surface area contributed by atoms with Crippen molar-refractivity contribution < 1.29 is 4.21 Å². The number of rotatable bonds is 3. The Morgan fingerprint density at radius 2 is 0.905 bits per heavy atom. The lowest BCUT2D eigenvalue weighted by Gasteiger charge is -2.44. The summed E-state index contributed by atoms with van der Waals surface area (Å²) in [5, 5.41) is 0.528. The van der Waals surface area contributed by atoms with Crippen molar-refractivity contribution in [1.82, 2.24) is 0 Å². The molecule has 0 heterocycles. The van der Waals surface area contributed by atoms with Gasteiger partial charge in [-0.2, -0.15) is 0 Å². The Kier molecular flexibility index (Phi) is 6.71. The molecule has 0 fully saturated rings. The standard InChI is InChI=1S/C18H38OS2/c1-15(2,3)13(16(4,5)6)20-21(19)14(17(7,8)9)18(10,11)12/h13-14H,1-12H3. The molecule has 0 N–H and O–H groups in total. The molecule has 0 aromatic heterocycles. The van der Waals surface area contributed by atoms with Gasteiger partial charge in [0, 0.05) is 5.25 Å². The van der Waals surface area contributed by atoms with Crippen LogP contribution in [-0.2, 0) is 9.83 Å². The van der Waals surface area contributed by atoms with Crippen LogP contribution < -0.4 is 0 Å². The zero-order chi connectivity index (χ0) is 17.4. The van der Waals surface area contributed by atoms with E-state index in [2.05, 4.69) is 83.1 Å². The second-order valence-electron chi connectivity index (χ2n) is 10.6. The van der Waals surface area contributed by atoms with E-state index in [-0.39, 0.29) is 26.9 Å². The molecule has 0 aromatic rings. The first-order valence-corrected chi connectivity index (χ1v) is 10.6. The molecular weight excluding hydrogens is 296 g/mol. The zero-order valence-electron chi connectivity index (χ0n) is 16.4. The molecule has 0 amide bonds. The van der Waals surface area contributed by atoms with Gasteiger partial charge in [-0.3, -0.25) is 0 Å². The minimum absolute atomic E-state index is 0.0381. The third-order valence-electron chi connectivity index (χ3n) is 3.53. The van der Waals surface area contributed by atoms with Gasteiger partial charge in [0.05, 0.1) is 15.1 Å². The van der Waals surface area contributed by atoms with Crippen molar-refractivity contribution in [2.45, 2.75) is 93.6 Å². The van der Waals surface area contributed by atoms with Crippen molar-refractivity contribution in [3.05, 3.63) is 0 Å². The molecule has 0 bridgehead atoms. The third kappa shape index (κ3) is 6.64. The van der Waals surface area contributed by atoms with Crippen LogP contribution in [0, 0.1) is 21.7 Å². The SMILES string of the molecule is CC(C)(C)C(SS(=O)C(C(C)(C)C)C(C)(C)C)C(C)(C)C. The van der Waals surface area contributed by atoms with Gasteiger partial charge in [-0.05, 0) is 21.7 Å². The van der Waals surface area contributed by atoms with Gasteiger partial charge in [-0.1, -0.05) is 93.9 Å². The normalized spacial score (nSPS) is 16.7. The number of hydrogen-bond acceptors (Lipinski definition) is 2. The van der Waals surface area contributed by atoms with E-state index in [1.165, 1.54) is 0 Å². The van der Waals surface area contributed by atoms with Crippen molar-refractivity contribution >= 4 is 20.6 Å². The largest absolute Gasteiger partial charge is 0.248 e. The molecule has 21 heavy (non-hydrogen) atoms. The highest BCUT2D eigenvalue weighted by Crippen LogP contribution is 2.48. The van der Waals surface area contributed by atoms with E-state index in [9.17, 15) is 4.21 Å². The Morgan fingerprint density at radius 1 is 0.619 bits per heavy atom. The van der Waals surface area contributed by atoms with Crippen LogP contribution in [-0.4, -0.2) is 14.7 Å². The summed E-state index contributed by atoms with van der Waals surface area (Å²) in [7, 11) is 0.790. The molecule has 0 saturated carbocycles. The number of hydrogen-bond donors (Lipinski definition) is 0. The summed E-state index contributed by atoms with van der Waals surface area (Å²) in [6.45, 7) is 26.8. The molecule has 0 aliphatic carbocycles. The van der Waals surface area contributed by atoms with E-state index in [1.807, 2.05) is 0 Å². The molecule has 0 aromatic carbocycles. The minimum atomic E-state index is -0.903. The first kappa shape index (κ1) is 21.5. The Morgan fingerprint density at radius 3 is 1.10 bits per heavy atom. The molecule has 1 nitrogen and oxygen atoms in total. The molecule has 0 rings (SSSR count). The van der Waals surface area contributed by atoms with E-state index < -0.39 is 9.83 Å². The maximum Gasteiger partial charge on any atom is 0.0849 e. The van der Waals surface area contributed by atoms with Crippen LogP contribution >= 0.6 is 10.8 Å². The van der Waals surface area contributed by atoms with Gasteiger partial charge in [0.15, 0.2) is 0 Å². The molecule has 0 radical (unpaired) electrons. The monoisotopic (exact) mass is 334 g/mol. The molecule has 0 aliphatic heterocycles. The minimum Gasteiger partial charge on any atom is -0.248 e. The maximum absolute atomic E-state index is 13.2. The molecule has 1 atom stereocenters. The van der Waals surface area contributed by atoms with Crippen LogP contribution in [0.1, 0.15) is 83.1 Å². The molecule has 1 unspecified atom stereocenters. The summed E-state index contributed by atoms with van der Waals surface area (Å²) in [6, 6.07) is 0. The van der Waals surface area contributed by atoms with Crippen molar-refractivity contribution in [3.63, 3.8) is 0 Å². The first-order chi connectivity index (χ1) is 8.88. The molecule has 128 valence electrons. The predicted octanol–water partition coefficient (Wildman–Crippen LogP) is 6.30. The van der Waals surface area contributed by atoms with Gasteiger partial charge in [0.2, 0.25) is 0 Å². The van der Waals surface area contributed by atoms with Crippen molar-refractivity contribution in [2.24, 2.45) is 21.7 Å². The van der Waals surface area contributed by atoms with Crippen molar-refractivity contribution in [3.8, 4) is 0 Å². The van der Waals surface area contributed by atoms with Gasteiger partial charge in [-0.15, -0.1) is 0 Å². The van der Waals surface area contributed by atoms with Crippen LogP contribution in [0.2, 0.25) is 0 Å². The summed E-state index contributed by atoms with van der Waals surface area (Å²) in [5.74, 6) is 0.